The van der Waals surface area contributed by atoms with E-state index in [-0.39, 0.29) is 23.5 Å². The molecular formula is C19H23N3O3S. The number of rotatable bonds is 5. The molecule has 0 aliphatic carbocycles. The zero-order valence-electron chi connectivity index (χ0n) is 15.0. The Kier molecular flexibility index (Phi) is 5.27. The van der Waals surface area contributed by atoms with E-state index in [1.54, 1.807) is 18.3 Å². The van der Waals surface area contributed by atoms with Gasteiger partial charge in [0.2, 0.25) is 0 Å². The average molecular weight is 373 g/mol. The lowest BCUT2D eigenvalue weighted by Crippen LogP contribution is -2.21. The molecule has 7 heteroatoms. The summed E-state index contributed by atoms with van der Waals surface area (Å²) in [6.45, 7) is 4.01. The van der Waals surface area contributed by atoms with Crippen molar-refractivity contribution in [3.8, 4) is 0 Å². The van der Waals surface area contributed by atoms with Crippen LogP contribution in [0.5, 0.6) is 0 Å². The number of amides is 1. The highest BCUT2D eigenvalue weighted by molar-refractivity contribution is 7.91. The van der Waals surface area contributed by atoms with E-state index in [1.807, 2.05) is 32.0 Å². The van der Waals surface area contributed by atoms with Crippen LogP contribution in [0.25, 0.3) is 0 Å². The molecule has 0 radical (unpaired) electrons. The van der Waals surface area contributed by atoms with Crippen LogP contribution in [-0.4, -0.2) is 36.9 Å². The molecule has 0 spiro atoms. The van der Waals surface area contributed by atoms with Gasteiger partial charge in [-0.25, -0.2) is 13.4 Å². The van der Waals surface area contributed by atoms with Crippen LogP contribution in [0.4, 0.5) is 11.4 Å². The average Bonchev–Trinajstić information content (AvgIpc) is 2.95. The highest BCUT2D eigenvalue weighted by atomic mass is 32.2. The van der Waals surface area contributed by atoms with Gasteiger partial charge in [-0.15, -0.1) is 0 Å². The summed E-state index contributed by atoms with van der Waals surface area (Å²) in [6, 6.07) is 9.24. The Morgan fingerprint density at radius 3 is 2.69 bits per heavy atom. The number of pyridine rings is 1. The molecule has 1 fully saturated rings. The Bertz CT molecular complexity index is 908. The first kappa shape index (κ1) is 18.4. The molecular weight excluding hydrogens is 350 g/mol. The van der Waals surface area contributed by atoms with E-state index >= 15 is 0 Å². The molecule has 3 rings (SSSR count). The molecule has 1 saturated heterocycles. The summed E-state index contributed by atoms with van der Waals surface area (Å²) in [5, 5.41) is 6.11. The number of para-hydroxylation sites is 1. The molecule has 1 atom stereocenters. The fraction of sp³-hybridized carbons (Fsp3) is 0.368. The molecule has 1 unspecified atom stereocenters. The van der Waals surface area contributed by atoms with Gasteiger partial charge in [0.05, 0.1) is 23.4 Å². The number of carbonyl (C=O) groups excluding carboxylic acids is 1. The summed E-state index contributed by atoms with van der Waals surface area (Å²) in [6.07, 6.45) is 2.99. The minimum absolute atomic E-state index is 0.0967. The molecule has 2 aromatic rings. The predicted octanol–water partition coefficient (Wildman–Crippen LogP) is 2.80. The van der Waals surface area contributed by atoms with Crippen molar-refractivity contribution in [1.82, 2.24) is 4.98 Å². The smallest absolute Gasteiger partial charge is 0.274 e. The number of aromatic nitrogens is 1. The molecule has 138 valence electrons. The second-order valence-electron chi connectivity index (χ2n) is 6.59. The molecule has 0 bridgehead atoms. The third-order valence-electron chi connectivity index (χ3n) is 4.58. The largest absolute Gasteiger partial charge is 0.380 e. The van der Waals surface area contributed by atoms with E-state index in [4.69, 9.17) is 0 Å². The van der Waals surface area contributed by atoms with Gasteiger partial charge < -0.3 is 10.6 Å². The maximum atomic E-state index is 12.5. The zero-order chi connectivity index (χ0) is 18.7. The summed E-state index contributed by atoms with van der Waals surface area (Å²) >= 11 is 0. The van der Waals surface area contributed by atoms with Crippen molar-refractivity contribution < 1.29 is 13.2 Å². The first-order valence-electron chi connectivity index (χ1n) is 8.71. The molecule has 0 saturated carbocycles. The molecule has 2 N–H and O–H groups in total. The maximum Gasteiger partial charge on any atom is 0.274 e. The number of sulfone groups is 1. The number of aryl methyl sites for hydroxylation is 2. The van der Waals surface area contributed by atoms with E-state index in [1.165, 1.54) is 0 Å². The van der Waals surface area contributed by atoms with Crippen molar-refractivity contribution in [2.24, 2.45) is 0 Å². The number of carbonyl (C=O) groups is 1. The van der Waals surface area contributed by atoms with Gasteiger partial charge >= 0.3 is 0 Å². The molecule has 1 amide bonds. The van der Waals surface area contributed by atoms with Crippen molar-refractivity contribution in [3.05, 3.63) is 53.3 Å². The number of hydrogen-bond donors (Lipinski definition) is 2. The van der Waals surface area contributed by atoms with Crippen LogP contribution < -0.4 is 10.6 Å². The van der Waals surface area contributed by atoms with Gasteiger partial charge in [0.1, 0.15) is 5.69 Å². The normalized spacial score (nSPS) is 18.5. The summed E-state index contributed by atoms with van der Waals surface area (Å²) in [5.41, 5.74) is 3.96. The highest BCUT2D eigenvalue weighted by Crippen LogP contribution is 2.22. The van der Waals surface area contributed by atoms with Crippen LogP contribution in [-0.2, 0) is 16.3 Å². The van der Waals surface area contributed by atoms with Gasteiger partial charge in [-0.05, 0) is 43.0 Å². The van der Waals surface area contributed by atoms with Crippen molar-refractivity contribution in [1.29, 1.82) is 0 Å². The number of benzene rings is 1. The Balaban J connectivity index is 1.68. The van der Waals surface area contributed by atoms with Crippen LogP contribution in [0, 0.1) is 6.92 Å². The van der Waals surface area contributed by atoms with E-state index < -0.39 is 9.84 Å². The number of anilines is 2. The first-order valence-corrected chi connectivity index (χ1v) is 10.5. The second kappa shape index (κ2) is 7.45. The van der Waals surface area contributed by atoms with Gasteiger partial charge in [-0.2, -0.15) is 0 Å². The third-order valence-corrected chi connectivity index (χ3v) is 6.35. The molecule has 1 aromatic heterocycles. The molecule has 6 nitrogen and oxygen atoms in total. The molecule has 26 heavy (non-hydrogen) atoms. The van der Waals surface area contributed by atoms with Gasteiger partial charge in [-0.3, -0.25) is 4.79 Å². The first-order chi connectivity index (χ1) is 12.4. The van der Waals surface area contributed by atoms with Gasteiger partial charge in [0, 0.05) is 11.7 Å². The lowest BCUT2D eigenvalue weighted by Gasteiger charge is -2.14. The Hall–Kier alpha value is -2.41. The summed E-state index contributed by atoms with van der Waals surface area (Å²) < 4.78 is 23.0. The molecule has 1 aliphatic heterocycles. The van der Waals surface area contributed by atoms with E-state index in [2.05, 4.69) is 15.6 Å². The van der Waals surface area contributed by atoms with Crippen molar-refractivity contribution in [3.63, 3.8) is 0 Å². The van der Waals surface area contributed by atoms with Crippen LogP contribution in [0.1, 0.15) is 35.0 Å². The SMILES string of the molecule is CCc1cccc(C)c1NC(=O)c1ccc(NC2CCS(=O)(=O)C2)cn1. The molecule has 2 heterocycles. The standard InChI is InChI=1S/C19H23N3O3S/c1-3-14-6-4-5-13(2)18(14)22-19(23)17-8-7-15(11-20-17)21-16-9-10-26(24,25)12-16/h4-8,11,16,21H,3,9-10,12H2,1-2H3,(H,22,23). The Morgan fingerprint density at radius 2 is 2.08 bits per heavy atom. The summed E-state index contributed by atoms with van der Waals surface area (Å²) in [5.74, 6) is 0.0980. The van der Waals surface area contributed by atoms with Crippen LogP contribution in [0.3, 0.4) is 0 Å². The molecule has 1 aliphatic rings. The van der Waals surface area contributed by atoms with Gasteiger partial charge in [0.15, 0.2) is 9.84 Å². The number of hydrogen-bond acceptors (Lipinski definition) is 5. The van der Waals surface area contributed by atoms with Crippen LogP contribution in [0.15, 0.2) is 36.5 Å². The van der Waals surface area contributed by atoms with E-state index in [0.29, 0.717) is 17.8 Å². The lowest BCUT2D eigenvalue weighted by molar-refractivity contribution is 0.102. The predicted molar refractivity (Wildman–Crippen MR) is 103 cm³/mol. The topological polar surface area (TPSA) is 88.2 Å². The van der Waals surface area contributed by atoms with Crippen molar-refractivity contribution in [2.45, 2.75) is 32.7 Å². The summed E-state index contributed by atoms with van der Waals surface area (Å²) in [4.78, 5) is 16.7. The van der Waals surface area contributed by atoms with Crippen molar-refractivity contribution in [2.75, 3.05) is 22.1 Å². The van der Waals surface area contributed by atoms with Crippen LogP contribution >= 0.6 is 0 Å². The maximum absolute atomic E-state index is 12.5. The minimum Gasteiger partial charge on any atom is -0.380 e. The van der Waals surface area contributed by atoms with E-state index in [0.717, 1.165) is 23.2 Å². The van der Waals surface area contributed by atoms with Gasteiger partial charge in [0.25, 0.3) is 5.91 Å². The van der Waals surface area contributed by atoms with E-state index in [9.17, 15) is 13.2 Å². The number of nitrogens with zero attached hydrogens (tertiary/aromatic N) is 1. The highest BCUT2D eigenvalue weighted by Gasteiger charge is 2.27. The number of nitrogens with one attached hydrogen (secondary N) is 2. The fourth-order valence-corrected chi connectivity index (χ4v) is 4.81. The second-order valence-corrected chi connectivity index (χ2v) is 8.82. The van der Waals surface area contributed by atoms with Crippen LogP contribution in [0.2, 0.25) is 0 Å². The zero-order valence-corrected chi connectivity index (χ0v) is 15.8. The monoisotopic (exact) mass is 373 g/mol. The Morgan fingerprint density at radius 1 is 1.27 bits per heavy atom. The lowest BCUT2D eigenvalue weighted by atomic mass is 10.1. The minimum atomic E-state index is -2.93. The third kappa shape index (κ3) is 4.22. The molecule has 1 aromatic carbocycles. The van der Waals surface area contributed by atoms with Gasteiger partial charge in [-0.1, -0.05) is 25.1 Å². The quantitative estimate of drug-likeness (QED) is 0.841. The summed E-state index contributed by atoms with van der Waals surface area (Å²) in [7, 11) is -2.93. The fourth-order valence-electron chi connectivity index (χ4n) is 3.14. The van der Waals surface area contributed by atoms with Crippen molar-refractivity contribution >= 4 is 27.1 Å². The Labute approximate surface area is 154 Å².